The van der Waals surface area contributed by atoms with E-state index in [2.05, 4.69) is 5.32 Å². The zero-order valence-corrected chi connectivity index (χ0v) is 16.0. The monoisotopic (exact) mass is 390 g/mol. The second-order valence-corrected chi connectivity index (χ2v) is 7.31. The van der Waals surface area contributed by atoms with Gasteiger partial charge in [0, 0.05) is 0 Å². The van der Waals surface area contributed by atoms with Gasteiger partial charge in [-0.1, -0.05) is 54.6 Å². The number of ether oxygens (including phenoxy) is 1. The Kier molecular flexibility index (Phi) is 4.94. The van der Waals surface area contributed by atoms with Gasteiger partial charge in [0.2, 0.25) is 0 Å². The molecule has 6 heteroatoms. The highest BCUT2D eigenvalue weighted by molar-refractivity contribution is 6.07. The summed E-state index contributed by atoms with van der Waals surface area (Å²) in [4.78, 5) is 26.6. The van der Waals surface area contributed by atoms with E-state index in [9.17, 15) is 14.7 Å². The molecule has 4 rings (SSSR count). The maximum absolute atomic E-state index is 13.1. The number of benzene rings is 3. The van der Waals surface area contributed by atoms with E-state index in [1.165, 1.54) is 0 Å². The Bertz CT molecular complexity index is 1050. The van der Waals surface area contributed by atoms with E-state index >= 15 is 0 Å². The van der Waals surface area contributed by atoms with Crippen molar-refractivity contribution in [2.24, 2.45) is 0 Å². The molecular formula is C23H22N2O4. The van der Waals surface area contributed by atoms with Crippen molar-refractivity contribution in [1.29, 1.82) is 0 Å². The summed E-state index contributed by atoms with van der Waals surface area (Å²) in [7, 11) is 0. The standard InChI is InChI=1S/C23H22N2O4/c1-23(18-12-11-16-7-5-6-8-17(16)13-18)21(27)25(22(28)24-23)14-19(26)15-29-20-9-3-2-4-10-20/h2-13,19,26H,14-15H2,1H3,(H,24,28). The van der Waals surface area contributed by atoms with Crippen molar-refractivity contribution >= 4 is 22.7 Å². The Hall–Kier alpha value is -3.38. The quantitative estimate of drug-likeness (QED) is 0.634. The Balaban J connectivity index is 1.48. The number of aliphatic hydroxyl groups excluding tert-OH is 1. The molecule has 3 aromatic carbocycles. The van der Waals surface area contributed by atoms with Crippen LogP contribution in [0.15, 0.2) is 72.8 Å². The van der Waals surface area contributed by atoms with Crippen molar-refractivity contribution in [3.8, 4) is 5.75 Å². The summed E-state index contributed by atoms with van der Waals surface area (Å²) >= 11 is 0. The number of nitrogens with zero attached hydrogens (tertiary/aromatic N) is 1. The first kappa shape index (κ1) is 19.0. The molecule has 0 aliphatic carbocycles. The van der Waals surface area contributed by atoms with Crippen molar-refractivity contribution in [3.05, 3.63) is 78.4 Å². The molecule has 3 amide bonds. The van der Waals surface area contributed by atoms with Gasteiger partial charge in [0.1, 0.15) is 24.0 Å². The number of carbonyl (C=O) groups excluding carboxylic acids is 2. The van der Waals surface area contributed by atoms with Crippen molar-refractivity contribution in [1.82, 2.24) is 10.2 Å². The number of β-amino-alcohol motifs (C(OH)–C–C–N with tert-alkyl or cyclic N) is 1. The summed E-state index contributed by atoms with van der Waals surface area (Å²) in [6.45, 7) is 1.53. The van der Waals surface area contributed by atoms with Crippen LogP contribution >= 0.6 is 0 Å². The third-order valence-corrected chi connectivity index (χ3v) is 5.18. The number of rotatable bonds is 6. The third kappa shape index (κ3) is 3.67. The summed E-state index contributed by atoms with van der Waals surface area (Å²) in [6.07, 6.45) is -0.996. The minimum absolute atomic E-state index is 0.0201. The Morgan fingerprint density at radius 2 is 1.69 bits per heavy atom. The van der Waals surface area contributed by atoms with E-state index in [4.69, 9.17) is 4.74 Å². The number of carbonyl (C=O) groups is 2. The molecule has 1 aliphatic rings. The molecule has 3 aromatic rings. The number of urea groups is 1. The normalized spacial score (nSPS) is 20.0. The molecule has 0 aromatic heterocycles. The number of aliphatic hydroxyl groups is 1. The van der Waals surface area contributed by atoms with Crippen molar-refractivity contribution in [2.45, 2.75) is 18.6 Å². The van der Waals surface area contributed by atoms with E-state index in [1.54, 1.807) is 19.1 Å². The molecule has 1 saturated heterocycles. The molecule has 1 aliphatic heterocycles. The molecule has 0 spiro atoms. The van der Waals surface area contributed by atoms with Gasteiger partial charge < -0.3 is 15.2 Å². The fourth-order valence-corrected chi connectivity index (χ4v) is 3.53. The van der Waals surface area contributed by atoms with E-state index < -0.39 is 23.6 Å². The van der Waals surface area contributed by atoms with Gasteiger partial charge >= 0.3 is 6.03 Å². The predicted molar refractivity (Wildman–Crippen MR) is 109 cm³/mol. The number of hydrogen-bond donors (Lipinski definition) is 2. The van der Waals surface area contributed by atoms with Crippen LogP contribution in [-0.2, 0) is 10.3 Å². The lowest BCUT2D eigenvalue weighted by Gasteiger charge is -2.23. The highest BCUT2D eigenvalue weighted by Crippen LogP contribution is 2.31. The molecule has 1 fully saturated rings. The van der Waals surface area contributed by atoms with Crippen molar-refractivity contribution in [3.63, 3.8) is 0 Å². The van der Waals surface area contributed by atoms with Crippen LogP contribution in [0.5, 0.6) is 5.75 Å². The van der Waals surface area contributed by atoms with E-state index in [-0.39, 0.29) is 13.2 Å². The summed E-state index contributed by atoms with van der Waals surface area (Å²) in [5, 5.41) is 15.1. The van der Waals surface area contributed by atoms with Gasteiger partial charge in [0.25, 0.3) is 5.91 Å². The van der Waals surface area contributed by atoms with Crippen LogP contribution in [0.25, 0.3) is 10.8 Å². The van der Waals surface area contributed by atoms with Gasteiger partial charge in [-0.25, -0.2) is 4.79 Å². The van der Waals surface area contributed by atoms with Gasteiger partial charge in [0.05, 0.1) is 6.54 Å². The largest absolute Gasteiger partial charge is 0.491 e. The Labute approximate surface area is 168 Å². The number of amides is 3. The lowest BCUT2D eigenvalue weighted by atomic mass is 9.90. The molecule has 0 bridgehead atoms. The molecule has 2 atom stereocenters. The minimum atomic E-state index is -1.18. The predicted octanol–water partition coefficient (Wildman–Crippen LogP) is 3.05. The van der Waals surface area contributed by atoms with Crippen LogP contribution in [0, 0.1) is 0 Å². The lowest BCUT2D eigenvalue weighted by Crippen LogP contribution is -2.42. The number of imide groups is 1. The molecule has 29 heavy (non-hydrogen) atoms. The first-order chi connectivity index (χ1) is 14.0. The summed E-state index contributed by atoms with van der Waals surface area (Å²) in [5.41, 5.74) is -0.478. The van der Waals surface area contributed by atoms with Crippen LogP contribution < -0.4 is 10.1 Å². The molecule has 2 N–H and O–H groups in total. The first-order valence-electron chi connectivity index (χ1n) is 9.47. The van der Waals surface area contributed by atoms with E-state index in [0.717, 1.165) is 15.7 Å². The summed E-state index contributed by atoms with van der Waals surface area (Å²) in [5.74, 6) is 0.223. The number of nitrogens with one attached hydrogen (secondary N) is 1. The van der Waals surface area contributed by atoms with E-state index in [0.29, 0.717) is 11.3 Å². The molecule has 6 nitrogen and oxygen atoms in total. The number of fused-ring (bicyclic) bond motifs is 1. The van der Waals surface area contributed by atoms with Gasteiger partial charge in [-0.05, 0) is 41.5 Å². The SMILES string of the molecule is CC1(c2ccc3ccccc3c2)NC(=O)N(CC(O)COc2ccccc2)C1=O. The first-order valence-corrected chi connectivity index (χ1v) is 9.47. The third-order valence-electron chi connectivity index (χ3n) is 5.18. The summed E-state index contributed by atoms with van der Waals surface area (Å²) in [6, 6.07) is 22.1. The number of hydrogen-bond acceptors (Lipinski definition) is 4. The van der Waals surface area contributed by atoms with Crippen LogP contribution in [0.4, 0.5) is 4.79 Å². The summed E-state index contributed by atoms with van der Waals surface area (Å²) < 4.78 is 5.51. The molecule has 148 valence electrons. The van der Waals surface area contributed by atoms with Crippen molar-refractivity contribution in [2.75, 3.05) is 13.2 Å². The smallest absolute Gasteiger partial charge is 0.325 e. The lowest BCUT2D eigenvalue weighted by molar-refractivity contribution is -0.132. The molecule has 0 radical (unpaired) electrons. The van der Waals surface area contributed by atoms with Gasteiger partial charge in [-0.3, -0.25) is 9.69 Å². The molecule has 0 saturated carbocycles. The maximum Gasteiger partial charge on any atom is 0.325 e. The fourth-order valence-electron chi connectivity index (χ4n) is 3.53. The zero-order chi connectivity index (χ0) is 20.4. The molecule has 1 heterocycles. The van der Waals surface area contributed by atoms with Crippen LogP contribution in [0.2, 0.25) is 0 Å². The highest BCUT2D eigenvalue weighted by atomic mass is 16.5. The maximum atomic E-state index is 13.1. The van der Waals surface area contributed by atoms with Gasteiger partial charge in [-0.2, -0.15) is 0 Å². The average Bonchev–Trinajstić information content (AvgIpc) is 2.96. The van der Waals surface area contributed by atoms with Crippen LogP contribution in [-0.4, -0.2) is 41.2 Å². The minimum Gasteiger partial charge on any atom is -0.491 e. The van der Waals surface area contributed by atoms with Crippen LogP contribution in [0.3, 0.4) is 0 Å². The molecular weight excluding hydrogens is 368 g/mol. The van der Waals surface area contributed by atoms with E-state index in [1.807, 2.05) is 60.7 Å². The second kappa shape index (κ2) is 7.56. The van der Waals surface area contributed by atoms with Crippen molar-refractivity contribution < 1.29 is 19.4 Å². The average molecular weight is 390 g/mol. The number of para-hydroxylation sites is 1. The fraction of sp³-hybridized carbons (Fsp3) is 0.217. The van der Waals surface area contributed by atoms with Gasteiger partial charge in [-0.15, -0.1) is 0 Å². The Morgan fingerprint density at radius 3 is 2.45 bits per heavy atom. The topological polar surface area (TPSA) is 78.9 Å². The Morgan fingerprint density at radius 1 is 1.00 bits per heavy atom. The second-order valence-electron chi connectivity index (χ2n) is 7.31. The zero-order valence-electron chi connectivity index (χ0n) is 16.0. The molecule has 2 unspecified atom stereocenters. The van der Waals surface area contributed by atoms with Crippen LogP contribution in [0.1, 0.15) is 12.5 Å². The highest BCUT2D eigenvalue weighted by Gasteiger charge is 2.49. The van der Waals surface area contributed by atoms with Gasteiger partial charge in [0.15, 0.2) is 0 Å².